The molecule has 0 spiro atoms. The molecule has 0 bridgehead atoms. The fourth-order valence-corrected chi connectivity index (χ4v) is 1.33. The van der Waals surface area contributed by atoms with E-state index in [2.05, 4.69) is 4.98 Å². The lowest BCUT2D eigenvalue weighted by atomic mass is 10.2. The molecule has 1 aromatic heterocycles. The van der Waals surface area contributed by atoms with Crippen molar-refractivity contribution in [3.05, 3.63) is 36.5 Å². The number of para-hydroxylation sites is 1. The third-order valence-electron chi connectivity index (χ3n) is 1.95. The van der Waals surface area contributed by atoms with Crippen molar-refractivity contribution in [1.82, 2.24) is 4.98 Å². The van der Waals surface area contributed by atoms with E-state index in [4.69, 9.17) is 9.84 Å². The van der Waals surface area contributed by atoms with Crippen LogP contribution in [-0.4, -0.2) is 22.7 Å². The van der Waals surface area contributed by atoms with Crippen LogP contribution in [0.4, 0.5) is 0 Å². The number of hydrogen-bond donors (Lipinski definition) is 1. The van der Waals surface area contributed by atoms with Gasteiger partial charge >= 0.3 is 5.97 Å². The number of rotatable bonds is 3. The van der Waals surface area contributed by atoms with E-state index in [1.807, 2.05) is 18.2 Å². The van der Waals surface area contributed by atoms with Crippen LogP contribution in [0.5, 0.6) is 5.75 Å². The predicted octanol–water partition coefficient (Wildman–Crippen LogP) is -1.30. The second kappa shape index (κ2) is 5.32. The Morgan fingerprint density at radius 1 is 1.31 bits per heavy atom. The van der Waals surface area contributed by atoms with Gasteiger partial charge in [-0.15, -0.1) is 0 Å². The molecule has 2 rings (SSSR count). The van der Waals surface area contributed by atoms with Crippen LogP contribution in [0.15, 0.2) is 36.5 Å². The molecule has 0 aliphatic carbocycles. The molecule has 0 saturated heterocycles. The molecule has 2 aromatic rings. The van der Waals surface area contributed by atoms with Gasteiger partial charge < -0.3 is 22.3 Å². The normalized spacial score (nSPS) is 9.50. The summed E-state index contributed by atoms with van der Waals surface area (Å²) in [6.45, 7) is -0.352. The van der Waals surface area contributed by atoms with Gasteiger partial charge in [0, 0.05) is 11.6 Å². The first-order valence-electron chi connectivity index (χ1n) is 4.46. The molecule has 0 aliphatic rings. The lowest BCUT2D eigenvalue weighted by Crippen LogP contribution is -3.00. The number of aliphatic carboxylic acids is 1. The number of carboxylic acids is 1. The standard InChI is InChI=1S/C11H9NO3.ClH/c13-10(14)7-15-9-5-1-3-8-4-2-6-12-11(8)9;/h1-6H,7H2,(H,13,14);1H/p-1. The van der Waals surface area contributed by atoms with Crippen molar-refractivity contribution >= 4 is 16.9 Å². The van der Waals surface area contributed by atoms with Gasteiger partial charge in [-0.05, 0) is 12.1 Å². The summed E-state index contributed by atoms with van der Waals surface area (Å²) in [6, 6.07) is 9.13. The summed E-state index contributed by atoms with van der Waals surface area (Å²) in [5, 5.41) is 9.43. The van der Waals surface area contributed by atoms with Crippen LogP contribution in [-0.2, 0) is 4.79 Å². The lowest BCUT2D eigenvalue weighted by molar-refractivity contribution is -0.139. The smallest absolute Gasteiger partial charge is 0.341 e. The molecule has 0 unspecified atom stereocenters. The Morgan fingerprint density at radius 2 is 2.06 bits per heavy atom. The van der Waals surface area contributed by atoms with Gasteiger partial charge in [0.1, 0.15) is 11.3 Å². The highest BCUT2D eigenvalue weighted by Gasteiger charge is 2.04. The first-order chi connectivity index (χ1) is 7.27. The number of halogens is 1. The lowest BCUT2D eigenvalue weighted by Gasteiger charge is -2.05. The minimum Gasteiger partial charge on any atom is -1.00 e. The van der Waals surface area contributed by atoms with E-state index in [0.717, 1.165) is 5.39 Å². The highest BCUT2D eigenvalue weighted by atomic mass is 35.5. The molecular weight excluding hydrogens is 230 g/mol. The summed E-state index contributed by atoms with van der Waals surface area (Å²) < 4.78 is 5.12. The van der Waals surface area contributed by atoms with E-state index in [1.165, 1.54) is 0 Å². The number of aromatic nitrogens is 1. The second-order valence-corrected chi connectivity index (χ2v) is 3.01. The number of ether oxygens (including phenoxy) is 1. The molecule has 0 fully saturated rings. The van der Waals surface area contributed by atoms with Gasteiger partial charge in [0.15, 0.2) is 6.61 Å². The Hall–Kier alpha value is -1.81. The van der Waals surface area contributed by atoms with Crippen molar-refractivity contribution in [3.63, 3.8) is 0 Å². The maximum atomic E-state index is 10.4. The molecule has 0 radical (unpaired) electrons. The second-order valence-electron chi connectivity index (χ2n) is 3.01. The van der Waals surface area contributed by atoms with Crippen molar-refractivity contribution in [3.8, 4) is 5.75 Å². The molecule has 0 atom stereocenters. The molecule has 4 nitrogen and oxygen atoms in total. The van der Waals surface area contributed by atoms with Crippen LogP contribution < -0.4 is 17.1 Å². The minimum atomic E-state index is -0.997. The number of benzene rings is 1. The molecule has 0 aliphatic heterocycles. The summed E-state index contributed by atoms with van der Waals surface area (Å²) in [5.74, 6) is -0.501. The molecule has 1 N–H and O–H groups in total. The molecule has 1 aromatic carbocycles. The van der Waals surface area contributed by atoms with Crippen molar-refractivity contribution in [2.75, 3.05) is 6.61 Å². The van der Waals surface area contributed by atoms with E-state index >= 15 is 0 Å². The van der Waals surface area contributed by atoms with Crippen molar-refractivity contribution < 1.29 is 27.0 Å². The number of carbonyl (C=O) groups is 1. The van der Waals surface area contributed by atoms with Crippen LogP contribution in [0.1, 0.15) is 0 Å². The van der Waals surface area contributed by atoms with E-state index in [-0.39, 0.29) is 19.0 Å². The monoisotopic (exact) mass is 238 g/mol. The Kier molecular flexibility index (Phi) is 4.08. The highest BCUT2D eigenvalue weighted by Crippen LogP contribution is 2.22. The first-order valence-corrected chi connectivity index (χ1v) is 4.46. The number of nitrogens with zero attached hydrogens (tertiary/aromatic N) is 1. The van der Waals surface area contributed by atoms with Gasteiger partial charge in [-0.2, -0.15) is 0 Å². The summed E-state index contributed by atoms with van der Waals surface area (Å²) in [7, 11) is 0. The topological polar surface area (TPSA) is 59.4 Å². The number of carboxylic acid groups (broad SMARTS) is 1. The Balaban J connectivity index is 0.00000128. The molecule has 84 valence electrons. The fourth-order valence-electron chi connectivity index (χ4n) is 1.33. The van der Waals surface area contributed by atoms with Crippen LogP contribution in [0.3, 0.4) is 0 Å². The molecular formula is C11H9ClNO3-. The van der Waals surface area contributed by atoms with Gasteiger partial charge in [0.25, 0.3) is 0 Å². The summed E-state index contributed by atoms with van der Waals surface area (Å²) in [5.41, 5.74) is 0.682. The zero-order chi connectivity index (χ0) is 10.7. The maximum Gasteiger partial charge on any atom is 0.341 e. The summed E-state index contributed by atoms with van der Waals surface area (Å²) in [6.07, 6.45) is 1.65. The zero-order valence-corrected chi connectivity index (χ0v) is 9.02. The number of fused-ring (bicyclic) bond motifs is 1. The van der Waals surface area contributed by atoms with Gasteiger partial charge in [-0.1, -0.05) is 18.2 Å². The molecule has 0 amide bonds. The summed E-state index contributed by atoms with van der Waals surface area (Å²) >= 11 is 0. The first kappa shape index (κ1) is 12.3. The maximum absolute atomic E-state index is 10.4. The van der Waals surface area contributed by atoms with Crippen LogP contribution >= 0.6 is 0 Å². The Labute approximate surface area is 98.3 Å². The van der Waals surface area contributed by atoms with E-state index in [1.54, 1.807) is 18.3 Å². The minimum absolute atomic E-state index is 0. The van der Waals surface area contributed by atoms with E-state index in [0.29, 0.717) is 11.3 Å². The van der Waals surface area contributed by atoms with E-state index < -0.39 is 5.97 Å². The van der Waals surface area contributed by atoms with Crippen molar-refractivity contribution in [2.24, 2.45) is 0 Å². The average Bonchev–Trinajstić information content (AvgIpc) is 2.26. The quantitative estimate of drug-likeness (QED) is 0.722. The third kappa shape index (κ3) is 2.61. The highest BCUT2D eigenvalue weighted by molar-refractivity contribution is 5.84. The zero-order valence-electron chi connectivity index (χ0n) is 8.26. The number of pyridine rings is 1. The average molecular weight is 239 g/mol. The Morgan fingerprint density at radius 3 is 2.81 bits per heavy atom. The predicted molar refractivity (Wildman–Crippen MR) is 54.9 cm³/mol. The number of hydrogen-bond acceptors (Lipinski definition) is 3. The van der Waals surface area contributed by atoms with Gasteiger partial charge in [0.2, 0.25) is 0 Å². The SMILES string of the molecule is O=C(O)COc1cccc2cccnc12.[Cl-]. The van der Waals surface area contributed by atoms with Crippen LogP contribution in [0.25, 0.3) is 10.9 Å². The molecule has 5 heteroatoms. The Bertz CT molecular complexity index is 496. The molecule has 16 heavy (non-hydrogen) atoms. The van der Waals surface area contributed by atoms with Crippen molar-refractivity contribution in [2.45, 2.75) is 0 Å². The third-order valence-corrected chi connectivity index (χ3v) is 1.95. The van der Waals surface area contributed by atoms with Gasteiger partial charge in [-0.3, -0.25) is 4.98 Å². The fraction of sp³-hybridized carbons (Fsp3) is 0.0909. The van der Waals surface area contributed by atoms with Crippen LogP contribution in [0, 0.1) is 0 Å². The molecule has 1 heterocycles. The van der Waals surface area contributed by atoms with Gasteiger partial charge in [-0.25, -0.2) is 4.79 Å². The van der Waals surface area contributed by atoms with Crippen molar-refractivity contribution in [1.29, 1.82) is 0 Å². The van der Waals surface area contributed by atoms with Gasteiger partial charge in [0.05, 0.1) is 0 Å². The van der Waals surface area contributed by atoms with Crippen LogP contribution in [0.2, 0.25) is 0 Å². The largest absolute Gasteiger partial charge is 1.00 e. The van der Waals surface area contributed by atoms with E-state index in [9.17, 15) is 4.79 Å². The molecule has 0 saturated carbocycles. The summed E-state index contributed by atoms with van der Waals surface area (Å²) in [4.78, 5) is 14.5.